The van der Waals surface area contributed by atoms with Crippen LogP contribution in [0, 0.1) is 0 Å². The number of anilines is 1. The van der Waals surface area contributed by atoms with Crippen molar-refractivity contribution in [2.24, 2.45) is 0 Å². The Kier molecular flexibility index (Phi) is 3.63. The lowest BCUT2D eigenvalue weighted by molar-refractivity contribution is 0.133. The van der Waals surface area contributed by atoms with E-state index in [0.717, 1.165) is 17.9 Å². The van der Waals surface area contributed by atoms with Crippen LogP contribution < -0.4 is 5.32 Å². The molecule has 15 heavy (non-hydrogen) atoms. The van der Waals surface area contributed by atoms with E-state index >= 15 is 0 Å². The third kappa shape index (κ3) is 3.16. The zero-order chi connectivity index (χ0) is 11.5. The number of aryl methyl sites for hydroxylation is 1. The molecule has 1 rings (SSSR count). The second-order valence-corrected chi connectivity index (χ2v) is 4.27. The highest BCUT2D eigenvalue weighted by Gasteiger charge is 2.24. The molecule has 0 fully saturated rings. The van der Waals surface area contributed by atoms with Gasteiger partial charge in [0.15, 0.2) is 0 Å². The predicted molar refractivity (Wildman–Crippen MR) is 60.8 cm³/mol. The highest BCUT2D eigenvalue weighted by Crippen LogP contribution is 2.16. The van der Waals surface area contributed by atoms with Crippen LogP contribution in [0.4, 0.5) is 5.82 Å². The summed E-state index contributed by atoms with van der Waals surface area (Å²) in [4.78, 5) is 8.24. The smallest absolute Gasteiger partial charge is 0.130 e. The molecule has 1 aromatic heterocycles. The fourth-order valence-electron chi connectivity index (χ4n) is 1.09. The Bertz CT molecular complexity index is 323. The second-order valence-electron chi connectivity index (χ2n) is 4.27. The molecule has 0 spiro atoms. The van der Waals surface area contributed by atoms with Crippen molar-refractivity contribution in [2.45, 2.75) is 45.8 Å². The molecule has 2 N–H and O–H groups in total. The molecule has 0 aliphatic rings. The van der Waals surface area contributed by atoms with Gasteiger partial charge in [-0.15, -0.1) is 0 Å². The van der Waals surface area contributed by atoms with Gasteiger partial charge in [0.05, 0.1) is 11.6 Å². The summed E-state index contributed by atoms with van der Waals surface area (Å²) in [7, 11) is 0. The highest BCUT2D eigenvalue weighted by molar-refractivity contribution is 5.38. The quantitative estimate of drug-likeness (QED) is 0.791. The molecule has 0 saturated heterocycles. The van der Waals surface area contributed by atoms with Crippen molar-refractivity contribution in [2.75, 3.05) is 5.32 Å². The standard InChI is InChI=1S/C11H19N3O/c1-5-9-6-10(13-7-12-9)14-11(3,4)8(2)15/h6-8,15H,5H2,1-4H3,(H,12,13,14). The summed E-state index contributed by atoms with van der Waals surface area (Å²) in [5.41, 5.74) is 0.605. The van der Waals surface area contributed by atoms with Crippen LogP contribution in [0.5, 0.6) is 0 Å². The van der Waals surface area contributed by atoms with Crippen molar-refractivity contribution < 1.29 is 5.11 Å². The van der Waals surface area contributed by atoms with Crippen molar-refractivity contribution in [3.8, 4) is 0 Å². The third-order valence-corrected chi connectivity index (χ3v) is 2.58. The Hall–Kier alpha value is -1.16. The van der Waals surface area contributed by atoms with Gasteiger partial charge in [-0.05, 0) is 27.2 Å². The number of rotatable bonds is 4. The van der Waals surface area contributed by atoms with Crippen LogP contribution in [0.15, 0.2) is 12.4 Å². The first-order chi connectivity index (χ1) is 6.95. The molecule has 4 heteroatoms. The number of aliphatic hydroxyl groups is 1. The van der Waals surface area contributed by atoms with E-state index in [1.54, 1.807) is 13.3 Å². The molecule has 0 aliphatic heterocycles. The van der Waals surface area contributed by atoms with Gasteiger partial charge in [0.1, 0.15) is 12.1 Å². The minimum atomic E-state index is -0.447. The average molecular weight is 209 g/mol. The number of nitrogens with one attached hydrogen (secondary N) is 1. The number of aromatic nitrogens is 2. The van der Waals surface area contributed by atoms with E-state index in [0.29, 0.717) is 0 Å². The van der Waals surface area contributed by atoms with Gasteiger partial charge in [-0.1, -0.05) is 6.92 Å². The molecule has 0 bridgehead atoms. The Morgan fingerprint density at radius 3 is 2.67 bits per heavy atom. The van der Waals surface area contributed by atoms with Crippen LogP contribution in [0.1, 0.15) is 33.4 Å². The monoisotopic (exact) mass is 209 g/mol. The van der Waals surface area contributed by atoms with Crippen molar-refractivity contribution in [1.82, 2.24) is 9.97 Å². The van der Waals surface area contributed by atoms with E-state index in [4.69, 9.17) is 0 Å². The van der Waals surface area contributed by atoms with Gasteiger partial charge in [0.2, 0.25) is 0 Å². The molecule has 1 atom stereocenters. The first kappa shape index (κ1) is 11.9. The molecular formula is C11H19N3O. The topological polar surface area (TPSA) is 58.0 Å². The van der Waals surface area contributed by atoms with E-state index in [-0.39, 0.29) is 5.54 Å². The van der Waals surface area contributed by atoms with Gasteiger partial charge < -0.3 is 10.4 Å². The summed E-state index contributed by atoms with van der Waals surface area (Å²) in [6.07, 6.45) is 1.98. The van der Waals surface area contributed by atoms with E-state index in [1.807, 2.05) is 26.8 Å². The van der Waals surface area contributed by atoms with E-state index in [1.165, 1.54) is 0 Å². The molecular weight excluding hydrogens is 190 g/mol. The van der Waals surface area contributed by atoms with Gasteiger partial charge in [-0.25, -0.2) is 9.97 Å². The molecule has 0 aliphatic carbocycles. The van der Waals surface area contributed by atoms with Gasteiger partial charge in [0.25, 0.3) is 0 Å². The summed E-state index contributed by atoms with van der Waals surface area (Å²) in [5.74, 6) is 0.757. The maximum atomic E-state index is 9.56. The number of aliphatic hydroxyl groups excluding tert-OH is 1. The highest BCUT2D eigenvalue weighted by atomic mass is 16.3. The SMILES string of the molecule is CCc1cc(NC(C)(C)C(C)O)ncn1. The van der Waals surface area contributed by atoms with Crippen molar-refractivity contribution in [3.05, 3.63) is 18.1 Å². The summed E-state index contributed by atoms with van der Waals surface area (Å²) in [6.45, 7) is 7.68. The largest absolute Gasteiger partial charge is 0.391 e. The number of hydrogen-bond acceptors (Lipinski definition) is 4. The number of nitrogens with zero attached hydrogens (tertiary/aromatic N) is 2. The van der Waals surface area contributed by atoms with Crippen molar-refractivity contribution in [1.29, 1.82) is 0 Å². The molecule has 1 heterocycles. The molecule has 1 aromatic rings. The maximum Gasteiger partial charge on any atom is 0.130 e. The first-order valence-electron chi connectivity index (χ1n) is 5.23. The summed E-state index contributed by atoms with van der Waals surface area (Å²) >= 11 is 0. The zero-order valence-corrected chi connectivity index (χ0v) is 9.78. The minimum absolute atomic E-state index is 0.390. The lowest BCUT2D eigenvalue weighted by Gasteiger charge is -2.29. The van der Waals surface area contributed by atoms with Crippen LogP contribution in [-0.4, -0.2) is 26.7 Å². The van der Waals surface area contributed by atoms with Crippen LogP contribution in [0.3, 0.4) is 0 Å². The third-order valence-electron chi connectivity index (χ3n) is 2.58. The molecule has 0 aromatic carbocycles. The van der Waals surface area contributed by atoms with E-state index in [2.05, 4.69) is 15.3 Å². The zero-order valence-electron chi connectivity index (χ0n) is 9.78. The summed E-state index contributed by atoms with van der Waals surface area (Å²) < 4.78 is 0. The van der Waals surface area contributed by atoms with Gasteiger partial charge in [-0.3, -0.25) is 0 Å². The lowest BCUT2D eigenvalue weighted by atomic mass is 9.99. The average Bonchev–Trinajstić information content (AvgIpc) is 2.17. The Balaban J connectivity index is 2.80. The lowest BCUT2D eigenvalue weighted by Crippen LogP contribution is -2.42. The normalized spacial score (nSPS) is 13.7. The van der Waals surface area contributed by atoms with E-state index < -0.39 is 6.10 Å². The predicted octanol–water partition coefficient (Wildman–Crippen LogP) is 1.61. The van der Waals surface area contributed by atoms with Crippen LogP contribution in [0.25, 0.3) is 0 Å². The fraction of sp³-hybridized carbons (Fsp3) is 0.636. The Morgan fingerprint density at radius 1 is 1.47 bits per heavy atom. The van der Waals surface area contributed by atoms with Crippen LogP contribution in [0.2, 0.25) is 0 Å². The summed E-state index contributed by atoms with van der Waals surface area (Å²) in [5, 5.41) is 12.8. The minimum Gasteiger partial charge on any atom is -0.391 e. The van der Waals surface area contributed by atoms with Crippen molar-refractivity contribution in [3.63, 3.8) is 0 Å². The first-order valence-corrected chi connectivity index (χ1v) is 5.23. The maximum absolute atomic E-state index is 9.56. The van der Waals surface area contributed by atoms with E-state index in [9.17, 15) is 5.11 Å². The fourth-order valence-corrected chi connectivity index (χ4v) is 1.09. The molecule has 1 unspecified atom stereocenters. The molecule has 0 amide bonds. The molecule has 0 radical (unpaired) electrons. The molecule has 0 saturated carbocycles. The Labute approximate surface area is 90.8 Å². The Morgan fingerprint density at radius 2 is 2.13 bits per heavy atom. The molecule has 4 nitrogen and oxygen atoms in total. The van der Waals surface area contributed by atoms with Crippen LogP contribution >= 0.6 is 0 Å². The van der Waals surface area contributed by atoms with Gasteiger partial charge in [-0.2, -0.15) is 0 Å². The number of hydrogen-bond donors (Lipinski definition) is 2. The second kappa shape index (κ2) is 4.57. The summed E-state index contributed by atoms with van der Waals surface area (Å²) in [6, 6.07) is 1.91. The van der Waals surface area contributed by atoms with Gasteiger partial charge >= 0.3 is 0 Å². The van der Waals surface area contributed by atoms with Gasteiger partial charge in [0, 0.05) is 11.8 Å². The molecule has 84 valence electrons. The van der Waals surface area contributed by atoms with Crippen molar-refractivity contribution >= 4 is 5.82 Å². The van der Waals surface area contributed by atoms with Crippen LogP contribution in [-0.2, 0) is 6.42 Å².